The Morgan fingerprint density at radius 1 is 1.56 bits per heavy atom. The zero-order valence-electron chi connectivity index (χ0n) is 6.26. The standard InChI is InChI=1S/C7H15NO/c1-8(2)5-7-3-4-9-6-7/h7H,3-6H2,1-2H3/t7-/m0/s1. The molecule has 1 atom stereocenters. The van der Waals surface area contributed by atoms with Gasteiger partial charge in [0.2, 0.25) is 0 Å². The number of rotatable bonds is 2. The van der Waals surface area contributed by atoms with Gasteiger partial charge in [-0.15, -0.1) is 0 Å². The minimum atomic E-state index is 0.792. The summed E-state index contributed by atoms with van der Waals surface area (Å²) in [7, 11) is 4.22. The molecule has 54 valence electrons. The molecule has 1 saturated heterocycles. The van der Waals surface area contributed by atoms with Crippen LogP contribution < -0.4 is 0 Å². The van der Waals surface area contributed by atoms with Crippen molar-refractivity contribution in [2.24, 2.45) is 5.92 Å². The van der Waals surface area contributed by atoms with Gasteiger partial charge in [0.15, 0.2) is 0 Å². The molecule has 0 aliphatic carbocycles. The molecule has 0 spiro atoms. The van der Waals surface area contributed by atoms with Crippen LogP contribution in [0.2, 0.25) is 0 Å². The lowest BCUT2D eigenvalue weighted by Crippen LogP contribution is -2.21. The third-order valence-corrected chi connectivity index (χ3v) is 1.65. The van der Waals surface area contributed by atoms with Gasteiger partial charge in [-0.3, -0.25) is 0 Å². The van der Waals surface area contributed by atoms with Crippen molar-refractivity contribution in [1.29, 1.82) is 0 Å². The van der Waals surface area contributed by atoms with Gasteiger partial charge >= 0.3 is 0 Å². The summed E-state index contributed by atoms with van der Waals surface area (Å²) in [6, 6.07) is 0. The maximum absolute atomic E-state index is 5.23. The average Bonchev–Trinajstić information content (AvgIpc) is 2.15. The smallest absolute Gasteiger partial charge is 0.0507 e. The highest BCUT2D eigenvalue weighted by Crippen LogP contribution is 2.11. The van der Waals surface area contributed by atoms with Gasteiger partial charge in [-0.2, -0.15) is 0 Å². The van der Waals surface area contributed by atoms with E-state index in [-0.39, 0.29) is 0 Å². The Morgan fingerprint density at radius 2 is 2.33 bits per heavy atom. The molecular weight excluding hydrogens is 114 g/mol. The lowest BCUT2D eigenvalue weighted by atomic mass is 10.1. The molecule has 1 heterocycles. The first-order valence-electron chi connectivity index (χ1n) is 3.51. The SMILES string of the molecule is CN(C)C[C@@H]1CCOC1. The number of ether oxygens (including phenoxy) is 1. The summed E-state index contributed by atoms with van der Waals surface area (Å²) in [5.74, 6) is 0.792. The Balaban J connectivity index is 2.11. The van der Waals surface area contributed by atoms with Crippen molar-refractivity contribution in [3.8, 4) is 0 Å². The van der Waals surface area contributed by atoms with Crippen LogP contribution in [0, 0.1) is 5.92 Å². The van der Waals surface area contributed by atoms with Crippen molar-refractivity contribution in [3.63, 3.8) is 0 Å². The van der Waals surface area contributed by atoms with E-state index in [4.69, 9.17) is 4.74 Å². The van der Waals surface area contributed by atoms with Crippen LogP contribution in [-0.2, 0) is 4.74 Å². The fraction of sp³-hybridized carbons (Fsp3) is 1.00. The second kappa shape index (κ2) is 3.18. The van der Waals surface area contributed by atoms with Gasteiger partial charge < -0.3 is 9.64 Å². The molecule has 0 radical (unpaired) electrons. The second-order valence-corrected chi connectivity index (χ2v) is 2.99. The van der Waals surface area contributed by atoms with Gasteiger partial charge in [0.05, 0.1) is 6.61 Å². The van der Waals surface area contributed by atoms with Crippen LogP contribution in [0.3, 0.4) is 0 Å². The maximum Gasteiger partial charge on any atom is 0.0507 e. The first kappa shape index (κ1) is 7.03. The van der Waals surface area contributed by atoms with Gasteiger partial charge in [-0.05, 0) is 26.4 Å². The third kappa shape index (κ3) is 2.33. The third-order valence-electron chi connectivity index (χ3n) is 1.65. The van der Waals surface area contributed by atoms with E-state index in [2.05, 4.69) is 19.0 Å². The van der Waals surface area contributed by atoms with Crippen molar-refractivity contribution in [2.45, 2.75) is 6.42 Å². The molecule has 9 heavy (non-hydrogen) atoms. The summed E-state index contributed by atoms with van der Waals surface area (Å²) in [4.78, 5) is 2.22. The molecule has 1 aliphatic rings. The van der Waals surface area contributed by atoms with Crippen molar-refractivity contribution in [2.75, 3.05) is 33.9 Å². The molecule has 1 fully saturated rings. The molecular formula is C7H15NO. The molecule has 1 rings (SSSR count). The van der Waals surface area contributed by atoms with E-state index >= 15 is 0 Å². The van der Waals surface area contributed by atoms with E-state index in [0.29, 0.717) is 0 Å². The Labute approximate surface area is 56.8 Å². The van der Waals surface area contributed by atoms with Crippen LogP contribution >= 0.6 is 0 Å². The monoisotopic (exact) mass is 129 g/mol. The van der Waals surface area contributed by atoms with Crippen molar-refractivity contribution in [1.82, 2.24) is 4.90 Å². The van der Waals surface area contributed by atoms with E-state index in [1.54, 1.807) is 0 Å². The van der Waals surface area contributed by atoms with Gasteiger partial charge in [0, 0.05) is 13.2 Å². The van der Waals surface area contributed by atoms with Crippen LogP contribution in [0.15, 0.2) is 0 Å². The van der Waals surface area contributed by atoms with Gasteiger partial charge in [-0.25, -0.2) is 0 Å². The predicted molar refractivity (Wildman–Crippen MR) is 37.5 cm³/mol. The highest BCUT2D eigenvalue weighted by Gasteiger charge is 2.15. The molecule has 2 heteroatoms. The summed E-state index contributed by atoms with van der Waals surface area (Å²) in [6.07, 6.45) is 1.25. The van der Waals surface area contributed by atoms with Crippen LogP contribution in [0.1, 0.15) is 6.42 Å². The molecule has 0 unspecified atom stereocenters. The van der Waals surface area contributed by atoms with Crippen LogP contribution in [0.25, 0.3) is 0 Å². The largest absolute Gasteiger partial charge is 0.381 e. The lowest BCUT2D eigenvalue weighted by molar-refractivity contribution is 0.178. The zero-order chi connectivity index (χ0) is 6.69. The van der Waals surface area contributed by atoms with Crippen LogP contribution in [-0.4, -0.2) is 38.8 Å². The highest BCUT2D eigenvalue weighted by atomic mass is 16.5. The van der Waals surface area contributed by atoms with E-state index in [9.17, 15) is 0 Å². The number of hydrogen-bond donors (Lipinski definition) is 0. The molecule has 0 aromatic heterocycles. The van der Waals surface area contributed by atoms with Gasteiger partial charge in [0.1, 0.15) is 0 Å². The van der Waals surface area contributed by atoms with Gasteiger partial charge in [-0.1, -0.05) is 0 Å². The minimum absolute atomic E-state index is 0.792. The number of nitrogens with zero attached hydrogens (tertiary/aromatic N) is 1. The molecule has 0 N–H and O–H groups in total. The molecule has 2 nitrogen and oxygen atoms in total. The van der Waals surface area contributed by atoms with E-state index < -0.39 is 0 Å². The van der Waals surface area contributed by atoms with Crippen LogP contribution in [0.4, 0.5) is 0 Å². The van der Waals surface area contributed by atoms with Gasteiger partial charge in [0.25, 0.3) is 0 Å². The molecule has 1 aliphatic heterocycles. The van der Waals surface area contributed by atoms with E-state index in [1.807, 2.05) is 0 Å². The van der Waals surface area contributed by atoms with Crippen molar-refractivity contribution < 1.29 is 4.74 Å². The lowest BCUT2D eigenvalue weighted by Gasteiger charge is -2.13. The second-order valence-electron chi connectivity index (χ2n) is 2.99. The first-order chi connectivity index (χ1) is 4.29. The Morgan fingerprint density at radius 3 is 2.78 bits per heavy atom. The molecule has 0 bridgehead atoms. The van der Waals surface area contributed by atoms with Crippen LogP contribution in [0.5, 0.6) is 0 Å². The predicted octanol–water partition coefficient (Wildman–Crippen LogP) is 0.585. The zero-order valence-corrected chi connectivity index (χ0v) is 6.26. The van der Waals surface area contributed by atoms with Crippen molar-refractivity contribution >= 4 is 0 Å². The Bertz CT molecular complexity index is 77.0. The highest BCUT2D eigenvalue weighted by molar-refractivity contribution is 4.65. The normalized spacial score (nSPS) is 27.7. The maximum atomic E-state index is 5.23. The molecule has 0 saturated carbocycles. The topological polar surface area (TPSA) is 12.5 Å². The molecule has 0 amide bonds. The number of hydrogen-bond acceptors (Lipinski definition) is 2. The first-order valence-corrected chi connectivity index (χ1v) is 3.51. The summed E-state index contributed by atoms with van der Waals surface area (Å²) in [6.45, 7) is 3.12. The summed E-state index contributed by atoms with van der Waals surface area (Å²) in [5, 5.41) is 0. The fourth-order valence-electron chi connectivity index (χ4n) is 1.24. The van der Waals surface area contributed by atoms with E-state index in [1.165, 1.54) is 13.0 Å². The summed E-state index contributed by atoms with van der Waals surface area (Å²) < 4.78 is 5.23. The Hall–Kier alpha value is -0.0800. The van der Waals surface area contributed by atoms with Crippen molar-refractivity contribution in [3.05, 3.63) is 0 Å². The van der Waals surface area contributed by atoms with E-state index in [0.717, 1.165) is 19.1 Å². The summed E-state index contributed by atoms with van der Waals surface area (Å²) >= 11 is 0. The fourth-order valence-corrected chi connectivity index (χ4v) is 1.24. The molecule has 0 aromatic rings. The Kier molecular flexibility index (Phi) is 2.49. The average molecular weight is 129 g/mol. The molecule has 0 aromatic carbocycles. The minimum Gasteiger partial charge on any atom is -0.381 e. The summed E-state index contributed by atoms with van der Waals surface area (Å²) in [5.41, 5.74) is 0. The quantitative estimate of drug-likeness (QED) is 0.541.